The molecule has 0 spiro atoms. The van der Waals surface area contributed by atoms with Gasteiger partial charge in [0, 0.05) is 38.3 Å². The summed E-state index contributed by atoms with van der Waals surface area (Å²) in [5.41, 5.74) is 1.59. The van der Waals surface area contributed by atoms with Gasteiger partial charge in [-0.05, 0) is 87.5 Å². The summed E-state index contributed by atoms with van der Waals surface area (Å²) in [6.45, 7) is 16.2. The Morgan fingerprint density at radius 2 is 1.10 bits per heavy atom. The number of esters is 1. The third-order valence-electron chi connectivity index (χ3n) is 10.9. The predicted molar refractivity (Wildman–Crippen MR) is 226 cm³/mol. The molecule has 4 amide bonds. The molecular formula is C43H63N8NaO9. The maximum absolute atomic E-state index is 12.9. The number of nitrogens with one attached hydrogen (secondary N) is 4. The van der Waals surface area contributed by atoms with Crippen LogP contribution >= 0.6 is 0 Å². The third-order valence-corrected chi connectivity index (χ3v) is 10.9. The molecule has 2 unspecified atom stereocenters. The number of rotatable bonds is 20. The van der Waals surface area contributed by atoms with E-state index in [1.54, 1.807) is 38.4 Å². The Morgan fingerprint density at radius 3 is 1.43 bits per heavy atom. The number of aromatic nitrogens is 2. The number of aryl methyl sites for hydroxylation is 2. The van der Waals surface area contributed by atoms with E-state index in [1.165, 1.54) is 7.11 Å². The summed E-state index contributed by atoms with van der Waals surface area (Å²) in [6.07, 6.45) is 9.66. The fourth-order valence-corrected chi connectivity index (χ4v) is 6.07. The Hall–Kier alpha value is -4.58. The van der Waals surface area contributed by atoms with Crippen molar-refractivity contribution in [2.75, 3.05) is 20.2 Å². The molecule has 61 heavy (non-hydrogen) atoms. The molecule has 0 bridgehead atoms. The number of carboxylic acid groups (broad SMARTS) is 1. The van der Waals surface area contributed by atoms with Crippen LogP contribution in [0.3, 0.4) is 0 Å². The summed E-state index contributed by atoms with van der Waals surface area (Å²) >= 11 is 0. The Balaban J connectivity index is 0.000000591. The molecule has 2 atom stereocenters. The summed E-state index contributed by atoms with van der Waals surface area (Å²) in [7, 11) is 1.37. The summed E-state index contributed by atoms with van der Waals surface area (Å²) in [6, 6.07) is 3.58. The topological polar surface area (TPSA) is 260 Å². The summed E-state index contributed by atoms with van der Waals surface area (Å²) < 4.78 is 4.62. The Morgan fingerprint density at radius 1 is 0.705 bits per heavy atom. The molecule has 2 aliphatic rings. The Labute approximate surface area is 381 Å². The SMILES string of the molecule is CCc1cnc(C2=NC(C)(C(C)C)C(=O)N2)c(C(=O)NCCCCCC(=O)O)c1.CCc1cnc(C2=NC(C)(C(C)C)C(=O)N2)c(C(=O)NCCCCCC(=O)OC)c1.[Na+].[OH-]. The molecule has 6 N–H and O–H groups in total. The van der Waals surface area contributed by atoms with Crippen LogP contribution in [0.2, 0.25) is 0 Å². The van der Waals surface area contributed by atoms with Crippen LogP contribution in [0.1, 0.15) is 150 Å². The Bertz CT molecular complexity index is 1940. The van der Waals surface area contributed by atoms with E-state index in [9.17, 15) is 28.8 Å². The second-order valence-electron chi connectivity index (χ2n) is 15.7. The maximum atomic E-state index is 12.9. The van der Waals surface area contributed by atoms with Gasteiger partial charge in [-0.3, -0.25) is 38.7 Å². The molecule has 0 aromatic carbocycles. The summed E-state index contributed by atoms with van der Waals surface area (Å²) in [5, 5.41) is 20.0. The van der Waals surface area contributed by atoms with E-state index in [-0.39, 0.29) is 82.9 Å². The number of nitrogens with zero attached hydrogens (tertiary/aromatic N) is 4. The zero-order valence-electron chi connectivity index (χ0n) is 37.5. The van der Waals surface area contributed by atoms with Crippen molar-refractivity contribution in [1.29, 1.82) is 0 Å². The fraction of sp³-hybridized carbons (Fsp3) is 0.581. The molecule has 330 valence electrons. The maximum Gasteiger partial charge on any atom is 1.00 e. The van der Waals surface area contributed by atoms with Gasteiger partial charge >= 0.3 is 41.5 Å². The van der Waals surface area contributed by atoms with Crippen LogP contribution in [0.25, 0.3) is 0 Å². The van der Waals surface area contributed by atoms with Crippen molar-refractivity contribution in [3.63, 3.8) is 0 Å². The van der Waals surface area contributed by atoms with E-state index in [2.05, 4.69) is 46.0 Å². The van der Waals surface area contributed by atoms with Crippen molar-refractivity contribution in [3.05, 3.63) is 58.2 Å². The normalized spacial score (nSPS) is 17.8. The first-order valence-corrected chi connectivity index (χ1v) is 20.6. The quantitative estimate of drug-likeness (QED) is 0.0725. The van der Waals surface area contributed by atoms with Gasteiger partial charge in [-0.2, -0.15) is 0 Å². The third kappa shape index (κ3) is 14.8. The molecule has 0 radical (unpaired) electrons. The van der Waals surface area contributed by atoms with Crippen LogP contribution in [0.4, 0.5) is 0 Å². The van der Waals surface area contributed by atoms with Crippen molar-refractivity contribution in [3.8, 4) is 0 Å². The smallest absolute Gasteiger partial charge is 0.870 e. The number of amidine groups is 2. The van der Waals surface area contributed by atoms with E-state index >= 15 is 0 Å². The number of methoxy groups -OCH3 is 1. The van der Waals surface area contributed by atoms with Gasteiger partial charge < -0.3 is 36.6 Å². The molecule has 2 aromatic rings. The molecule has 0 saturated heterocycles. The van der Waals surface area contributed by atoms with E-state index in [4.69, 9.17) is 5.11 Å². The van der Waals surface area contributed by atoms with E-state index < -0.39 is 17.0 Å². The number of pyridine rings is 2. The first-order chi connectivity index (χ1) is 27.9. The van der Waals surface area contributed by atoms with Crippen molar-refractivity contribution in [2.24, 2.45) is 21.8 Å². The number of carbonyl (C=O) groups is 6. The summed E-state index contributed by atoms with van der Waals surface area (Å²) in [5.74, 6) is -1.30. The van der Waals surface area contributed by atoms with Gasteiger partial charge in [0.05, 0.1) is 18.2 Å². The second-order valence-corrected chi connectivity index (χ2v) is 15.7. The van der Waals surface area contributed by atoms with Crippen LogP contribution in [0.15, 0.2) is 34.5 Å². The molecule has 17 nitrogen and oxygen atoms in total. The van der Waals surface area contributed by atoms with Gasteiger partial charge in [-0.25, -0.2) is 9.98 Å². The molecule has 2 aromatic heterocycles. The van der Waals surface area contributed by atoms with Gasteiger partial charge in [0.1, 0.15) is 22.5 Å². The number of hydrogen-bond donors (Lipinski definition) is 5. The number of hydrogen-bond acceptors (Lipinski definition) is 12. The zero-order valence-corrected chi connectivity index (χ0v) is 39.5. The summed E-state index contributed by atoms with van der Waals surface area (Å²) in [4.78, 5) is 90.3. The number of ether oxygens (including phenoxy) is 1. The van der Waals surface area contributed by atoms with Gasteiger partial charge in [-0.15, -0.1) is 0 Å². The van der Waals surface area contributed by atoms with Crippen molar-refractivity contribution < 1.29 is 73.6 Å². The van der Waals surface area contributed by atoms with Crippen molar-refractivity contribution >= 4 is 47.2 Å². The van der Waals surface area contributed by atoms with Gasteiger partial charge in [0.15, 0.2) is 11.7 Å². The van der Waals surface area contributed by atoms with Crippen LogP contribution < -0.4 is 50.8 Å². The minimum atomic E-state index is -0.891. The minimum Gasteiger partial charge on any atom is -0.870 e. The van der Waals surface area contributed by atoms with Crippen LogP contribution in [-0.2, 0) is 36.8 Å². The number of amides is 4. The molecule has 0 aliphatic carbocycles. The van der Waals surface area contributed by atoms with E-state index in [0.717, 1.165) is 49.7 Å². The molecule has 0 saturated carbocycles. The molecule has 2 aliphatic heterocycles. The average Bonchev–Trinajstić information content (AvgIpc) is 3.70. The molecule has 4 rings (SSSR count). The van der Waals surface area contributed by atoms with Gasteiger partial charge in [0.2, 0.25) is 0 Å². The predicted octanol–water partition coefficient (Wildman–Crippen LogP) is 1.54. The zero-order chi connectivity index (χ0) is 43.9. The number of carbonyl (C=O) groups excluding carboxylic acids is 5. The van der Waals surface area contributed by atoms with Crippen LogP contribution in [0, 0.1) is 11.8 Å². The first-order valence-electron chi connectivity index (χ1n) is 20.6. The van der Waals surface area contributed by atoms with Crippen molar-refractivity contribution in [1.82, 2.24) is 31.2 Å². The fourth-order valence-electron chi connectivity index (χ4n) is 6.07. The Kier molecular flexibility index (Phi) is 22.6. The van der Waals surface area contributed by atoms with Gasteiger partial charge in [0.25, 0.3) is 23.6 Å². The largest absolute Gasteiger partial charge is 1.00 e. The first kappa shape index (κ1) is 54.4. The number of aliphatic imine (C=N–C) groups is 2. The molecule has 18 heteroatoms. The number of aliphatic carboxylic acids is 1. The molecule has 4 heterocycles. The van der Waals surface area contributed by atoms with E-state index in [1.807, 2.05) is 41.5 Å². The standard InChI is InChI=1S/C22H32N4O4.C21H30N4O4.Na.H2O/c1-6-15-12-16(20(28)23-11-9-7-8-10-17(27)30-5)18(24-13-15)19-25-21(29)22(4,26-19)14(2)3;1-5-14-11-15(19(28)22-10-8-6-7-9-16(26)27)17(23-12-14)18-24-20(29)21(4,25-18)13(2)3;;/h12-14H,6-11H2,1-5H3,(H,23,28)(H,25,26,29);11-13H,5-10H2,1-4H3,(H,22,28)(H,26,27)(H,24,25,29);;1H2/q;;+1;/p-1. The van der Waals surface area contributed by atoms with E-state index in [0.29, 0.717) is 66.5 Å². The van der Waals surface area contributed by atoms with Gasteiger partial charge in [-0.1, -0.05) is 54.4 Å². The van der Waals surface area contributed by atoms with Crippen molar-refractivity contribution in [2.45, 2.75) is 131 Å². The number of unbranched alkanes of at least 4 members (excludes halogenated alkanes) is 4. The van der Waals surface area contributed by atoms with Crippen LogP contribution in [-0.4, -0.2) is 99.1 Å². The molecule has 0 fully saturated rings. The average molecular weight is 859 g/mol. The van der Waals surface area contributed by atoms with Crippen LogP contribution in [0.5, 0.6) is 0 Å². The number of carboxylic acids is 1. The minimum absolute atomic E-state index is 0. The second kappa shape index (κ2) is 25.4. The molecular weight excluding hydrogens is 796 g/mol. The monoisotopic (exact) mass is 858 g/mol.